The van der Waals surface area contributed by atoms with Crippen LogP contribution in [0, 0.1) is 0 Å². The molecule has 0 aromatic carbocycles. The molecule has 2 amide bonds. The van der Waals surface area contributed by atoms with Crippen LogP contribution in [0.15, 0.2) is 24.4 Å². The Kier molecular flexibility index (Phi) is 5.62. The molecule has 0 bridgehead atoms. The maximum atomic E-state index is 13.1. The first kappa shape index (κ1) is 18.9. The number of amides is 2. The number of carbonyl (C=O) groups excluding carboxylic acids is 2. The Balaban J connectivity index is 1.57. The zero-order chi connectivity index (χ0) is 19.5. The van der Waals surface area contributed by atoms with E-state index in [2.05, 4.69) is 22.1 Å². The molecule has 0 spiro atoms. The van der Waals surface area contributed by atoms with Crippen molar-refractivity contribution in [1.82, 2.24) is 24.5 Å². The lowest BCUT2D eigenvalue weighted by atomic mass is 9.95. The number of likely N-dealkylation sites (N-methyl/N-ethyl adjacent to an activating group) is 1. The number of hydrogen-bond donors (Lipinski definition) is 1. The molecule has 2 aromatic rings. The van der Waals surface area contributed by atoms with E-state index in [-0.39, 0.29) is 17.9 Å². The van der Waals surface area contributed by atoms with E-state index < -0.39 is 0 Å². The third-order valence-electron chi connectivity index (χ3n) is 6.00. The van der Waals surface area contributed by atoms with Crippen molar-refractivity contribution in [2.75, 3.05) is 32.7 Å². The Hall–Kier alpha value is -2.41. The van der Waals surface area contributed by atoms with Gasteiger partial charge in [-0.15, -0.1) is 0 Å². The second kappa shape index (κ2) is 8.31. The monoisotopic (exact) mass is 383 g/mol. The van der Waals surface area contributed by atoms with E-state index in [4.69, 9.17) is 0 Å². The molecule has 0 radical (unpaired) electrons. The summed E-state index contributed by atoms with van der Waals surface area (Å²) in [5.74, 6) is 0.0239. The van der Waals surface area contributed by atoms with Crippen molar-refractivity contribution < 1.29 is 9.59 Å². The summed E-state index contributed by atoms with van der Waals surface area (Å²) in [6.45, 7) is 6.29. The van der Waals surface area contributed by atoms with Crippen LogP contribution in [0.4, 0.5) is 0 Å². The third-order valence-corrected chi connectivity index (χ3v) is 6.00. The number of rotatable bonds is 4. The lowest BCUT2D eigenvalue weighted by Gasteiger charge is -2.33. The summed E-state index contributed by atoms with van der Waals surface area (Å²) >= 11 is 0. The second-order valence-corrected chi connectivity index (χ2v) is 7.77. The van der Waals surface area contributed by atoms with Crippen molar-refractivity contribution in [2.45, 2.75) is 45.1 Å². The molecule has 1 saturated carbocycles. The summed E-state index contributed by atoms with van der Waals surface area (Å²) in [6.07, 6.45) is 7.39. The van der Waals surface area contributed by atoms with Gasteiger partial charge in [0.05, 0.1) is 5.52 Å². The summed E-state index contributed by atoms with van der Waals surface area (Å²) in [5.41, 5.74) is 1.07. The maximum Gasteiger partial charge on any atom is 0.287 e. The minimum Gasteiger partial charge on any atom is -0.347 e. The van der Waals surface area contributed by atoms with Gasteiger partial charge in [-0.2, -0.15) is 0 Å². The standard InChI is InChI=1S/C21H29N5O2/c1-2-24-12-14-25(15-13-24)21(28)18-17-10-6-7-11-26(17)19(23-18)20(27)22-16-8-4-3-5-9-16/h6-7,10-11,16H,2-5,8-9,12-15H2,1H3,(H,22,27). The first-order valence-electron chi connectivity index (χ1n) is 10.5. The summed E-state index contributed by atoms with van der Waals surface area (Å²) in [7, 11) is 0. The molecule has 7 nitrogen and oxygen atoms in total. The van der Waals surface area contributed by atoms with Gasteiger partial charge in [-0.1, -0.05) is 32.3 Å². The van der Waals surface area contributed by atoms with Crippen LogP contribution in [0.1, 0.15) is 60.1 Å². The molecule has 150 valence electrons. The molecule has 1 saturated heterocycles. The van der Waals surface area contributed by atoms with Gasteiger partial charge in [0.15, 0.2) is 5.69 Å². The Labute approximate surface area is 165 Å². The van der Waals surface area contributed by atoms with Gasteiger partial charge in [-0.25, -0.2) is 4.98 Å². The molecule has 28 heavy (non-hydrogen) atoms. The van der Waals surface area contributed by atoms with E-state index in [1.807, 2.05) is 29.3 Å². The van der Waals surface area contributed by atoms with Crippen molar-refractivity contribution in [2.24, 2.45) is 0 Å². The molecule has 7 heteroatoms. The van der Waals surface area contributed by atoms with Crippen molar-refractivity contribution in [3.05, 3.63) is 35.9 Å². The van der Waals surface area contributed by atoms with Gasteiger partial charge < -0.3 is 15.1 Å². The molecule has 1 aliphatic heterocycles. The highest BCUT2D eigenvalue weighted by atomic mass is 16.2. The number of nitrogens with one attached hydrogen (secondary N) is 1. The molecular formula is C21H29N5O2. The molecule has 1 aliphatic carbocycles. The average molecular weight is 383 g/mol. The van der Waals surface area contributed by atoms with Crippen LogP contribution in [0.25, 0.3) is 5.52 Å². The van der Waals surface area contributed by atoms with Gasteiger partial charge in [0.1, 0.15) is 0 Å². The predicted molar refractivity (Wildman–Crippen MR) is 108 cm³/mol. The van der Waals surface area contributed by atoms with E-state index in [1.54, 1.807) is 4.40 Å². The number of imidazole rings is 1. The largest absolute Gasteiger partial charge is 0.347 e. The first-order valence-corrected chi connectivity index (χ1v) is 10.5. The van der Waals surface area contributed by atoms with Gasteiger partial charge in [-0.3, -0.25) is 14.0 Å². The maximum absolute atomic E-state index is 13.1. The normalized spacial score (nSPS) is 19.1. The Bertz CT molecular complexity index is 848. The van der Waals surface area contributed by atoms with E-state index in [1.165, 1.54) is 6.42 Å². The molecule has 3 heterocycles. The van der Waals surface area contributed by atoms with Gasteiger partial charge in [0, 0.05) is 38.4 Å². The SMILES string of the molecule is CCN1CCN(C(=O)c2nc(C(=O)NC3CCCCC3)n3ccccc23)CC1. The lowest BCUT2D eigenvalue weighted by molar-refractivity contribution is 0.0640. The summed E-state index contributed by atoms with van der Waals surface area (Å²) in [4.78, 5) is 34.7. The molecule has 2 aromatic heterocycles. The predicted octanol–water partition coefficient (Wildman–Crippen LogP) is 2.17. The van der Waals surface area contributed by atoms with E-state index in [0.29, 0.717) is 30.1 Å². The van der Waals surface area contributed by atoms with E-state index in [0.717, 1.165) is 45.3 Å². The summed E-state index contributed by atoms with van der Waals surface area (Å²) in [6, 6.07) is 5.81. The number of hydrogen-bond acceptors (Lipinski definition) is 4. The van der Waals surface area contributed by atoms with Crippen molar-refractivity contribution >= 4 is 17.3 Å². The molecule has 2 aliphatic rings. The number of aromatic nitrogens is 2. The van der Waals surface area contributed by atoms with Gasteiger partial charge >= 0.3 is 0 Å². The quantitative estimate of drug-likeness (QED) is 0.879. The van der Waals surface area contributed by atoms with Crippen LogP contribution in [0.5, 0.6) is 0 Å². The van der Waals surface area contributed by atoms with Crippen molar-refractivity contribution in [1.29, 1.82) is 0 Å². The molecule has 2 fully saturated rings. The molecule has 0 unspecified atom stereocenters. The van der Waals surface area contributed by atoms with Gasteiger partial charge in [0.2, 0.25) is 5.82 Å². The minimum atomic E-state index is -0.192. The Morgan fingerprint density at radius 3 is 2.57 bits per heavy atom. The topological polar surface area (TPSA) is 69.9 Å². The number of piperazine rings is 1. The molecule has 4 rings (SSSR count). The van der Waals surface area contributed by atoms with Crippen LogP contribution in [0.2, 0.25) is 0 Å². The lowest BCUT2D eigenvalue weighted by Crippen LogP contribution is -2.48. The van der Waals surface area contributed by atoms with Crippen LogP contribution in [-0.2, 0) is 0 Å². The van der Waals surface area contributed by atoms with Crippen LogP contribution in [0.3, 0.4) is 0 Å². The number of nitrogens with zero attached hydrogens (tertiary/aromatic N) is 4. The number of pyridine rings is 1. The molecular weight excluding hydrogens is 354 g/mol. The highest BCUT2D eigenvalue weighted by molar-refractivity contribution is 6.02. The minimum absolute atomic E-state index is 0.0869. The Morgan fingerprint density at radius 2 is 1.86 bits per heavy atom. The average Bonchev–Trinajstić information content (AvgIpc) is 3.14. The fourth-order valence-electron chi connectivity index (χ4n) is 4.27. The smallest absolute Gasteiger partial charge is 0.287 e. The second-order valence-electron chi connectivity index (χ2n) is 7.77. The zero-order valence-corrected chi connectivity index (χ0v) is 16.6. The molecule has 1 N–H and O–H groups in total. The fraction of sp³-hybridized carbons (Fsp3) is 0.571. The number of fused-ring (bicyclic) bond motifs is 1. The number of carbonyl (C=O) groups is 2. The van der Waals surface area contributed by atoms with Crippen LogP contribution < -0.4 is 5.32 Å². The fourth-order valence-corrected chi connectivity index (χ4v) is 4.27. The van der Waals surface area contributed by atoms with Crippen LogP contribution >= 0.6 is 0 Å². The van der Waals surface area contributed by atoms with Crippen LogP contribution in [-0.4, -0.2) is 69.8 Å². The summed E-state index contributed by atoms with van der Waals surface area (Å²) < 4.78 is 1.74. The van der Waals surface area contributed by atoms with Crippen molar-refractivity contribution in [3.63, 3.8) is 0 Å². The third kappa shape index (κ3) is 3.76. The van der Waals surface area contributed by atoms with Gasteiger partial charge in [0.25, 0.3) is 11.8 Å². The van der Waals surface area contributed by atoms with E-state index in [9.17, 15) is 9.59 Å². The van der Waals surface area contributed by atoms with Gasteiger partial charge in [-0.05, 0) is 31.5 Å². The van der Waals surface area contributed by atoms with E-state index >= 15 is 0 Å². The highest BCUT2D eigenvalue weighted by Gasteiger charge is 2.28. The molecule has 0 atom stereocenters. The first-order chi connectivity index (χ1) is 13.7. The Morgan fingerprint density at radius 1 is 1.11 bits per heavy atom. The van der Waals surface area contributed by atoms with Crippen molar-refractivity contribution in [3.8, 4) is 0 Å². The zero-order valence-electron chi connectivity index (χ0n) is 16.6. The highest BCUT2D eigenvalue weighted by Crippen LogP contribution is 2.20. The summed E-state index contributed by atoms with van der Waals surface area (Å²) in [5, 5.41) is 3.12.